The Balaban J connectivity index is 1.56. The predicted molar refractivity (Wildman–Crippen MR) is 101 cm³/mol. The monoisotopic (exact) mass is 394 g/mol. The van der Waals surface area contributed by atoms with Gasteiger partial charge in [-0.25, -0.2) is 8.42 Å². The molecule has 0 bridgehead atoms. The molecule has 1 saturated carbocycles. The van der Waals surface area contributed by atoms with E-state index < -0.39 is 21.2 Å². The Morgan fingerprint density at radius 1 is 1.19 bits per heavy atom. The highest BCUT2D eigenvalue weighted by molar-refractivity contribution is 7.91. The van der Waals surface area contributed by atoms with Gasteiger partial charge in [0.05, 0.1) is 10.6 Å². The molecule has 0 atom stereocenters. The normalized spacial score (nSPS) is 20.0. The minimum absolute atomic E-state index is 0.0229. The number of carboxylic acids is 1. The zero-order valence-corrected chi connectivity index (χ0v) is 16.3. The van der Waals surface area contributed by atoms with Gasteiger partial charge in [0, 0.05) is 24.8 Å². The summed E-state index contributed by atoms with van der Waals surface area (Å²) in [6, 6.07) is 6.87. The first-order valence-corrected chi connectivity index (χ1v) is 11.1. The first kappa shape index (κ1) is 19.7. The topological polar surface area (TPSA) is 104 Å². The third-order valence-corrected chi connectivity index (χ3v) is 7.57. The Hall–Kier alpha value is -2.09. The Kier molecular flexibility index (Phi) is 5.46. The summed E-state index contributed by atoms with van der Waals surface area (Å²) in [6.45, 7) is 3.08. The third-order valence-electron chi connectivity index (χ3n) is 5.82. The van der Waals surface area contributed by atoms with Crippen LogP contribution in [-0.4, -0.2) is 50.3 Å². The minimum Gasteiger partial charge on any atom is -0.480 e. The maximum absolute atomic E-state index is 12.4. The van der Waals surface area contributed by atoms with Crippen LogP contribution in [0.3, 0.4) is 0 Å². The molecule has 2 aliphatic rings. The highest BCUT2D eigenvalue weighted by atomic mass is 32.2. The third kappa shape index (κ3) is 3.81. The second-order valence-electron chi connectivity index (χ2n) is 7.37. The Morgan fingerprint density at radius 2 is 1.78 bits per heavy atom. The molecule has 7 nitrogen and oxygen atoms in total. The van der Waals surface area contributed by atoms with Gasteiger partial charge >= 0.3 is 5.97 Å². The molecule has 1 aromatic rings. The quantitative estimate of drug-likeness (QED) is 0.714. The van der Waals surface area contributed by atoms with Crippen molar-refractivity contribution in [3.8, 4) is 0 Å². The molecule has 1 aromatic carbocycles. The van der Waals surface area contributed by atoms with Gasteiger partial charge in [-0.1, -0.05) is 13.3 Å². The molecule has 27 heavy (non-hydrogen) atoms. The largest absolute Gasteiger partial charge is 0.480 e. The zero-order chi connectivity index (χ0) is 19.7. The number of benzene rings is 1. The summed E-state index contributed by atoms with van der Waals surface area (Å²) in [5.74, 6) is -1.30. The van der Waals surface area contributed by atoms with Crippen LogP contribution in [0.4, 0.5) is 5.69 Å². The average molecular weight is 394 g/mol. The van der Waals surface area contributed by atoms with E-state index in [9.17, 15) is 23.1 Å². The van der Waals surface area contributed by atoms with E-state index in [0.717, 1.165) is 38.0 Å². The lowest BCUT2D eigenvalue weighted by Gasteiger charge is -2.39. The van der Waals surface area contributed by atoms with Crippen molar-refractivity contribution < 1.29 is 23.1 Å². The summed E-state index contributed by atoms with van der Waals surface area (Å²) >= 11 is 0. The van der Waals surface area contributed by atoms with Crippen molar-refractivity contribution in [3.63, 3.8) is 0 Å². The van der Waals surface area contributed by atoms with Crippen molar-refractivity contribution in [2.24, 2.45) is 5.41 Å². The number of carboxylic acid groups (broad SMARTS) is 1. The predicted octanol–water partition coefficient (Wildman–Crippen LogP) is 1.82. The lowest BCUT2D eigenvalue weighted by Crippen LogP contribution is -2.55. The second kappa shape index (κ2) is 7.50. The van der Waals surface area contributed by atoms with E-state index in [1.165, 1.54) is 0 Å². The number of rotatable bonds is 6. The molecule has 0 spiro atoms. The fourth-order valence-electron chi connectivity index (χ4n) is 3.70. The molecule has 1 saturated heterocycles. The number of sulfone groups is 1. The van der Waals surface area contributed by atoms with E-state index in [4.69, 9.17) is 0 Å². The van der Waals surface area contributed by atoms with Crippen LogP contribution in [0.5, 0.6) is 0 Å². The smallest absolute Gasteiger partial charge is 0.319 e. The van der Waals surface area contributed by atoms with Crippen molar-refractivity contribution in [2.75, 3.05) is 23.7 Å². The molecule has 2 fully saturated rings. The molecule has 1 aliphatic heterocycles. The van der Waals surface area contributed by atoms with Gasteiger partial charge in [0.1, 0.15) is 5.41 Å². The Bertz CT molecular complexity index is 807. The number of nitrogens with one attached hydrogen (secondary N) is 1. The fourth-order valence-corrected chi connectivity index (χ4v) is 4.59. The molecule has 8 heteroatoms. The lowest BCUT2D eigenvalue weighted by atomic mass is 9.68. The number of amides is 1. The van der Waals surface area contributed by atoms with Crippen molar-refractivity contribution in [1.82, 2.24) is 5.32 Å². The first-order valence-electron chi connectivity index (χ1n) is 9.40. The Morgan fingerprint density at radius 3 is 2.22 bits per heavy atom. The minimum atomic E-state index is -3.20. The van der Waals surface area contributed by atoms with Crippen LogP contribution in [0.15, 0.2) is 29.2 Å². The molecule has 1 amide bonds. The zero-order valence-electron chi connectivity index (χ0n) is 15.5. The molecule has 148 valence electrons. The van der Waals surface area contributed by atoms with E-state index in [1.807, 2.05) is 12.1 Å². The van der Waals surface area contributed by atoms with Gasteiger partial charge in [-0.05, 0) is 49.9 Å². The first-order chi connectivity index (χ1) is 12.8. The second-order valence-corrected chi connectivity index (χ2v) is 9.65. The van der Waals surface area contributed by atoms with Crippen LogP contribution in [0.2, 0.25) is 0 Å². The maximum Gasteiger partial charge on any atom is 0.319 e. The molecule has 3 rings (SSSR count). The number of nitrogens with zero attached hydrogens (tertiary/aromatic N) is 1. The standard InChI is InChI=1S/C19H26N2O5S/c1-2-27(25,26)16-6-4-15(5-7-16)21-12-8-14(9-13-21)20-17(22)19(18(23)24)10-3-11-19/h4-7,14H,2-3,8-13H2,1H3,(H,20,22)(H,23,24). The number of carbonyl (C=O) groups is 2. The van der Waals surface area contributed by atoms with Crippen LogP contribution in [0.25, 0.3) is 0 Å². The fraction of sp³-hybridized carbons (Fsp3) is 0.579. The summed E-state index contributed by atoms with van der Waals surface area (Å²) in [5.41, 5.74) is -0.270. The summed E-state index contributed by atoms with van der Waals surface area (Å²) in [6.07, 6.45) is 3.08. The molecule has 0 radical (unpaired) electrons. The van der Waals surface area contributed by atoms with Gasteiger partial charge in [0.25, 0.3) is 0 Å². The number of anilines is 1. The van der Waals surface area contributed by atoms with Gasteiger partial charge in [0.15, 0.2) is 9.84 Å². The van der Waals surface area contributed by atoms with Gasteiger partial charge in [-0.15, -0.1) is 0 Å². The lowest BCUT2D eigenvalue weighted by molar-refractivity contribution is -0.162. The van der Waals surface area contributed by atoms with Gasteiger partial charge in [-0.3, -0.25) is 9.59 Å². The molecular formula is C19H26N2O5S. The number of carbonyl (C=O) groups excluding carboxylic acids is 1. The number of piperidine rings is 1. The Labute approximate surface area is 159 Å². The molecule has 1 heterocycles. The van der Waals surface area contributed by atoms with Crippen LogP contribution in [0, 0.1) is 5.41 Å². The van der Waals surface area contributed by atoms with Crippen LogP contribution < -0.4 is 10.2 Å². The highest BCUT2D eigenvalue weighted by Gasteiger charge is 2.51. The summed E-state index contributed by atoms with van der Waals surface area (Å²) < 4.78 is 23.8. The van der Waals surface area contributed by atoms with Gasteiger partial charge in [-0.2, -0.15) is 0 Å². The van der Waals surface area contributed by atoms with E-state index >= 15 is 0 Å². The molecular weight excluding hydrogens is 368 g/mol. The van der Waals surface area contributed by atoms with Crippen molar-refractivity contribution in [1.29, 1.82) is 0 Å². The van der Waals surface area contributed by atoms with Gasteiger partial charge in [0.2, 0.25) is 5.91 Å². The summed E-state index contributed by atoms with van der Waals surface area (Å²) in [7, 11) is -3.20. The van der Waals surface area contributed by atoms with Gasteiger partial charge < -0.3 is 15.3 Å². The highest BCUT2D eigenvalue weighted by Crippen LogP contribution is 2.41. The van der Waals surface area contributed by atoms with E-state index in [-0.39, 0.29) is 17.7 Å². The molecule has 0 aromatic heterocycles. The van der Waals surface area contributed by atoms with E-state index in [0.29, 0.717) is 17.7 Å². The summed E-state index contributed by atoms with van der Waals surface area (Å²) in [5, 5.41) is 12.3. The number of hydrogen-bond donors (Lipinski definition) is 2. The summed E-state index contributed by atoms with van der Waals surface area (Å²) in [4.78, 5) is 26.3. The van der Waals surface area contributed by atoms with Crippen molar-refractivity contribution in [3.05, 3.63) is 24.3 Å². The molecule has 2 N–H and O–H groups in total. The van der Waals surface area contributed by atoms with Crippen molar-refractivity contribution in [2.45, 2.75) is 50.0 Å². The average Bonchev–Trinajstić information content (AvgIpc) is 2.61. The van der Waals surface area contributed by atoms with E-state index in [2.05, 4.69) is 10.2 Å². The molecule has 1 aliphatic carbocycles. The maximum atomic E-state index is 12.4. The van der Waals surface area contributed by atoms with Crippen LogP contribution in [0.1, 0.15) is 39.0 Å². The van der Waals surface area contributed by atoms with Crippen LogP contribution >= 0.6 is 0 Å². The number of hydrogen-bond acceptors (Lipinski definition) is 5. The van der Waals surface area contributed by atoms with Crippen LogP contribution in [-0.2, 0) is 19.4 Å². The number of aliphatic carboxylic acids is 1. The molecule has 0 unspecified atom stereocenters. The van der Waals surface area contributed by atoms with E-state index in [1.54, 1.807) is 19.1 Å². The van der Waals surface area contributed by atoms with Crippen molar-refractivity contribution >= 4 is 27.4 Å². The SMILES string of the molecule is CCS(=O)(=O)c1ccc(N2CCC(NC(=O)C3(C(=O)O)CCC3)CC2)cc1.